The summed E-state index contributed by atoms with van der Waals surface area (Å²) in [6, 6.07) is 12.3. The molecule has 29 heavy (non-hydrogen) atoms. The van der Waals surface area contributed by atoms with Crippen molar-refractivity contribution in [2.45, 2.75) is 25.9 Å². The van der Waals surface area contributed by atoms with Crippen molar-refractivity contribution in [2.24, 2.45) is 0 Å². The number of anilines is 1. The number of carbonyl (C=O) groups excluding carboxylic acids is 1. The smallest absolute Gasteiger partial charge is 0.341 e. The number of rotatable bonds is 7. The zero-order chi connectivity index (χ0) is 20.6. The van der Waals surface area contributed by atoms with Crippen molar-refractivity contribution in [3.8, 4) is 5.75 Å². The Morgan fingerprint density at radius 2 is 1.86 bits per heavy atom. The second-order valence-electron chi connectivity index (χ2n) is 6.87. The van der Waals surface area contributed by atoms with E-state index in [1.807, 2.05) is 18.2 Å². The molecule has 1 fully saturated rings. The molecule has 0 aromatic heterocycles. The normalized spacial score (nSPS) is 14.4. The lowest BCUT2D eigenvalue weighted by atomic mass is 10.0. The maximum Gasteiger partial charge on any atom is 0.341 e. The number of ether oxygens (including phenoxy) is 3. The van der Waals surface area contributed by atoms with Gasteiger partial charge in [0.2, 0.25) is 0 Å². The monoisotopic (exact) mass is 399 g/mol. The minimum absolute atomic E-state index is 0.177. The summed E-state index contributed by atoms with van der Waals surface area (Å²) < 4.78 is 30.3. The SMILES string of the molecule is COC=C(C(=O)OC)c1ccccc1COc1ccc(N2CCCCC2)c(F)c1. The van der Waals surface area contributed by atoms with Crippen LogP contribution in [0.3, 0.4) is 0 Å². The highest BCUT2D eigenvalue weighted by atomic mass is 19.1. The number of carbonyl (C=O) groups is 1. The number of nitrogens with zero attached hydrogens (tertiary/aromatic N) is 1. The third-order valence-electron chi connectivity index (χ3n) is 4.96. The zero-order valence-electron chi connectivity index (χ0n) is 16.8. The van der Waals surface area contributed by atoms with Gasteiger partial charge in [-0.3, -0.25) is 0 Å². The van der Waals surface area contributed by atoms with Gasteiger partial charge in [-0.25, -0.2) is 9.18 Å². The molecule has 0 bridgehead atoms. The summed E-state index contributed by atoms with van der Waals surface area (Å²) in [5.74, 6) is -0.350. The lowest BCUT2D eigenvalue weighted by molar-refractivity contribution is -0.133. The van der Waals surface area contributed by atoms with Gasteiger partial charge in [-0.1, -0.05) is 24.3 Å². The van der Waals surface area contributed by atoms with Gasteiger partial charge >= 0.3 is 5.97 Å². The third kappa shape index (κ3) is 5.08. The van der Waals surface area contributed by atoms with E-state index in [2.05, 4.69) is 4.90 Å². The molecule has 1 aliphatic rings. The Morgan fingerprint density at radius 3 is 2.55 bits per heavy atom. The fraction of sp³-hybridized carbons (Fsp3) is 0.348. The Balaban J connectivity index is 1.76. The van der Waals surface area contributed by atoms with E-state index in [0.29, 0.717) is 22.6 Å². The van der Waals surface area contributed by atoms with Crippen molar-refractivity contribution in [3.05, 3.63) is 65.7 Å². The summed E-state index contributed by atoms with van der Waals surface area (Å²) in [6.07, 6.45) is 4.72. The van der Waals surface area contributed by atoms with Crippen molar-refractivity contribution in [3.63, 3.8) is 0 Å². The van der Waals surface area contributed by atoms with Gasteiger partial charge in [0.1, 0.15) is 23.7 Å². The maximum atomic E-state index is 14.6. The van der Waals surface area contributed by atoms with Crippen LogP contribution in [0.1, 0.15) is 30.4 Å². The molecule has 0 spiro atoms. The fourth-order valence-electron chi connectivity index (χ4n) is 3.49. The highest BCUT2D eigenvalue weighted by Crippen LogP contribution is 2.28. The van der Waals surface area contributed by atoms with Crippen molar-refractivity contribution >= 4 is 17.2 Å². The Labute approximate surface area is 170 Å². The molecule has 3 rings (SSSR count). The largest absolute Gasteiger partial charge is 0.503 e. The molecule has 154 valence electrons. The molecule has 0 unspecified atom stereocenters. The molecule has 2 aromatic carbocycles. The zero-order valence-corrected chi connectivity index (χ0v) is 16.8. The quantitative estimate of drug-likeness (QED) is 0.388. The van der Waals surface area contributed by atoms with E-state index in [9.17, 15) is 9.18 Å². The van der Waals surface area contributed by atoms with Gasteiger partial charge in [-0.05, 0) is 42.5 Å². The molecule has 2 aromatic rings. The molecule has 1 aliphatic heterocycles. The molecule has 1 saturated heterocycles. The van der Waals surface area contributed by atoms with Gasteiger partial charge in [0, 0.05) is 19.2 Å². The van der Waals surface area contributed by atoms with Gasteiger partial charge < -0.3 is 19.1 Å². The molecule has 5 nitrogen and oxygen atoms in total. The highest BCUT2D eigenvalue weighted by Gasteiger charge is 2.18. The minimum atomic E-state index is -0.503. The molecule has 0 saturated carbocycles. The molecule has 6 heteroatoms. The second-order valence-corrected chi connectivity index (χ2v) is 6.87. The van der Waals surface area contributed by atoms with Crippen molar-refractivity contribution in [2.75, 3.05) is 32.2 Å². The van der Waals surface area contributed by atoms with Crippen LogP contribution in [0.4, 0.5) is 10.1 Å². The molecule has 0 radical (unpaired) electrons. The number of hydrogen-bond donors (Lipinski definition) is 0. The molecular weight excluding hydrogens is 373 g/mol. The van der Waals surface area contributed by atoms with Gasteiger partial charge in [0.25, 0.3) is 0 Å². The predicted octanol–water partition coefficient (Wildman–Crippen LogP) is 4.56. The first-order valence-corrected chi connectivity index (χ1v) is 9.71. The highest BCUT2D eigenvalue weighted by molar-refractivity contribution is 6.16. The van der Waals surface area contributed by atoms with Crippen molar-refractivity contribution < 1.29 is 23.4 Å². The summed E-state index contributed by atoms with van der Waals surface area (Å²) in [7, 11) is 2.78. The Kier molecular flexibility index (Phi) is 7.11. The maximum absolute atomic E-state index is 14.6. The summed E-state index contributed by atoms with van der Waals surface area (Å²) in [6.45, 7) is 1.94. The average Bonchev–Trinajstić information content (AvgIpc) is 2.76. The molecule has 0 N–H and O–H groups in total. The second kappa shape index (κ2) is 9.96. The first kappa shape index (κ1) is 20.7. The van der Waals surface area contributed by atoms with E-state index in [4.69, 9.17) is 14.2 Å². The van der Waals surface area contributed by atoms with Crippen LogP contribution in [0.2, 0.25) is 0 Å². The number of piperidine rings is 1. The first-order valence-electron chi connectivity index (χ1n) is 9.71. The number of hydrogen-bond acceptors (Lipinski definition) is 5. The molecule has 0 aliphatic carbocycles. The van der Waals surface area contributed by atoms with Crippen LogP contribution in [0.25, 0.3) is 5.57 Å². The van der Waals surface area contributed by atoms with Crippen LogP contribution in [0, 0.1) is 5.82 Å². The number of halogens is 1. The Hall–Kier alpha value is -3.02. The molecule has 0 atom stereocenters. The first-order chi connectivity index (χ1) is 14.1. The van der Waals surface area contributed by atoms with Crippen LogP contribution in [0.5, 0.6) is 5.75 Å². The van der Waals surface area contributed by atoms with Crippen LogP contribution in [-0.2, 0) is 20.9 Å². The van der Waals surface area contributed by atoms with Crippen LogP contribution in [0.15, 0.2) is 48.7 Å². The van der Waals surface area contributed by atoms with Crippen molar-refractivity contribution in [1.29, 1.82) is 0 Å². The van der Waals surface area contributed by atoms with Gasteiger partial charge in [-0.2, -0.15) is 0 Å². The van der Waals surface area contributed by atoms with E-state index in [1.165, 1.54) is 33.0 Å². The number of methoxy groups -OCH3 is 2. The minimum Gasteiger partial charge on any atom is -0.503 e. The standard InChI is InChI=1S/C23H26FNO4/c1-27-16-20(23(26)28-2)19-9-5-4-8-17(19)15-29-18-10-11-22(21(24)14-18)25-12-6-3-7-13-25/h4-5,8-11,14,16H,3,6-7,12-13,15H2,1-2H3. The van der Waals surface area contributed by atoms with Crippen molar-refractivity contribution in [1.82, 2.24) is 0 Å². The summed E-state index contributed by atoms with van der Waals surface area (Å²) in [5, 5.41) is 0. The van der Waals surface area contributed by atoms with Gasteiger partial charge in [0.15, 0.2) is 0 Å². The van der Waals surface area contributed by atoms with E-state index < -0.39 is 5.97 Å². The summed E-state index contributed by atoms with van der Waals surface area (Å²) in [4.78, 5) is 14.2. The van der Waals surface area contributed by atoms with E-state index in [0.717, 1.165) is 31.5 Å². The van der Waals surface area contributed by atoms with E-state index in [-0.39, 0.29) is 12.4 Å². The lowest BCUT2D eigenvalue weighted by Gasteiger charge is -2.29. The van der Waals surface area contributed by atoms with E-state index >= 15 is 0 Å². The van der Waals surface area contributed by atoms with Crippen LogP contribution >= 0.6 is 0 Å². The van der Waals surface area contributed by atoms with Gasteiger partial charge in [0.05, 0.1) is 26.2 Å². The predicted molar refractivity (Wildman–Crippen MR) is 110 cm³/mol. The van der Waals surface area contributed by atoms with Gasteiger partial charge in [-0.15, -0.1) is 0 Å². The number of benzene rings is 2. The fourth-order valence-corrected chi connectivity index (χ4v) is 3.49. The Bertz CT molecular complexity index is 875. The van der Waals surface area contributed by atoms with E-state index in [1.54, 1.807) is 18.2 Å². The summed E-state index contributed by atoms with van der Waals surface area (Å²) in [5.41, 5.74) is 2.32. The lowest BCUT2D eigenvalue weighted by Crippen LogP contribution is -2.30. The van der Waals surface area contributed by atoms with Crippen LogP contribution in [-0.4, -0.2) is 33.3 Å². The summed E-state index contributed by atoms with van der Waals surface area (Å²) >= 11 is 0. The Morgan fingerprint density at radius 1 is 1.10 bits per heavy atom. The average molecular weight is 399 g/mol. The topological polar surface area (TPSA) is 48.0 Å². The number of esters is 1. The molecule has 0 amide bonds. The molecule has 1 heterocycles. The molecular formula is C23H26FNO4. The van der Waals surface area contributed by atoms with Crippen LogP contribution < -0.4 is 9.64 Å². The third-order valence-corrected chi connectivity index (χ3v) is 4.96.